The Bertz CT molecular complexity index is 532. The molecular weight excluding hydrogens is 260 g/mol. The summed E-state index contributed by atoms with van der Waals surface area (Å²) in [5.41, 5.74) is 0.659. The first-order valence-corrected chi connectivity index (χ1v) is 6.84. The fourth-order valence-electron chi connectivity index (χ4n) is 2.14. The van der Waals surface area contributed by atoms with Crippen LogP contribution < -0.4 is 5.32 Å². The number of halogens is 2. The highest BCUT2D eigenvalue weighted by atomic mass is 19.1. The minimum absolute atomic E-state index is 0.529. The molecule has 3 nitrogen and oxygen atoms in total. The maximum atomic E-state index is 13.0. The van der Waals surface area contributed by atoms with Crippen LogP contribution in [0.1, 0.15) is 24.7 Å². The molecule has 0 aliphatic heterocycles. The van der Waals surface area contributed by atoms with Crippen molar-refractivity contribution < 1.29 is 8.78 Å². The summed E-state index contributed by atoms with van der Waals surface area (Å²) in [6.07, 6.45) is 5.40. The Balaban J connectivity index is 1.80. The Kier molecular flexibility index (Phi) is 5.24. The third kappa shape index (κ3) is 4.13. The predicted octanol–water partition coefficient (Wildman–Crippen LogP) is 2.90. The lowest BCUT2D eigenvalue weighted by Crippen LogP contribution is -2.19. The molecular formula is C15H19F2N3. The summed E-state index contributed by atoms with van der Waals surface area (Å²) in [6, 6.07) is 3.62. The number of rotatable bonds is 7. The number of aryl methyl sites for hydroxylation is 1. The van der Waals surface area contributed by atoms with Crippen molar-refractivity contribution in [3.63, 3.8) is 0 Å². The van der Waals surface area contributed by atoms with Gasteiger partial charge in [0, 0.05) is 25.0 Å². The summed E-state index contributed by atoms with van der Waals surface area (Å²) in [6.45, 7) is 4.38. The minimum atomic E-state index is -0.529. The third-order valence-electron chi connectivity index (χ3n) is 3.06. The highest BCUT2D eigenvalue weighted by Gasteiger charge is 2.03. The number of imidazole rings is 1. The van der Waals surface area contributed by atoms with Crippen molar-refractivity contribution in [2.45, 2.75) is 32.9 Å². The predicted molar refractivity (Wildman–Crippen MR) is 74.3 cm³/mol. The largest absolute Gasteiger partial charge is 0.334 e. The number of nitrogens with one attached hydrogen (secondary N) is 1. The second-order valence-electron chi connectivity index (χ2n) is 4.74. The van der Waals surface area contributed by atoms with Gasteiger partial charge in [-0.3, -0.25) is 0 Å². The van der Waals surface area contributed by atoms with Gasteiger partial charge < -0.3 is 9.88 Å². The standard InChI is InChI=1S/C15H19F2N3/c1-2-6-20-7-5-19-15(20)11-18-4-3-12-8-13(16)10-14(17)9-12/h5,7-10,18H,2-4,6,11H2,1H3. The highest BCUT2D eigenvalue weighted by molar-refractivity contribution is 5.18. The molecule has 20 heavy (non-hydrogen) atoms. The average molecular weight is 279 g/mol. The Morgan fingerprint density at radius 2 is 1.95 bits per heavy atom. The van der Waals surface area contributed by atoms with Crippen LogP contribution in [0.25, 0.3) is 0 Å². The van der Waals surface area contributed by atoms with Gasteiger partial charge in [-0.15, -0.1) is 0 Å². The smallest absolute Gasteiger partial charge is 0.126 e. The summed E-state index contributed by atoms with van der Waals surface area (Å²) in [7, 11) is 0. The van der Waals surface area contributed by atoms with E-state index in [1.165, 1.54) is 12.1 Å². The SMILES string of the molecule is CCCn1ccnc1CNCCc1cc(F)cc(F)c1. The van der Waals surface area contributed by atoms with Crippen molar-refractivity contribution in [3.05, 3.63) is 53.6 Å². The van der Waals surface area contributed by atoms with Crippen molar-refractivity contribution >= 4 is 0 Å². The summed E-state index contributed by atoms with van der Waals surface area (Å²) < 4.78 is 28.2. The maximum Gasteiger partial charge on any atom is 0.126 e. The summed E-state index contributed by atoms with van der Waals surface area (Å²) in [5.74, 6) is -0.0748. The second kappa shape index (κ2) is 7.14. The lowest BCUT2D eigenvalue weighted by atomic mass is 10.1. The molecule has 108 valence electrons. The quantitative estimate of drug-likeness (QED) is 0.790. The lowest BCUT2D eigenvalue weighted by molar-refractivity contribution is 0.572. The van der Waals surface area contributed by atoms with Crippen molar-refractivity contribution in [1.29, 1.82) is 0 Å². The van der Waals surface area contributed by atoms with Crippen LogP contribution in [0.2, 0.25) is 0 Å². The Hall–Kier alpha value is -1.75. The van der Waals surface area contributed by atoms with Gasteiger partial charge in [-0.1, -0.05) is 6.92 Å². The molecule has 0 aliphatic carbocycles. The van der Waals surface area contributed by atoms with Crippen molar-refractivity contribution in [1.82, 2.24) is 14.9 Å². The fourth-order valence-corrected chi connectivity index (χ4v) is 2.14. The van der Waals surface area contributed by atoms with E-state index < -0.39 is 11.6 Å². The zero-order valence-electron chi connectivity index (χ0n) is 11.6. The molecule has 0 amide bonds. The first-order valence-electron chi connectivity index (χ1n) is 6.84. The molecule has 0 radical (unpaired) electrons. The van der Waals surface area contributed by atoms with Gasteiger partial charge in [-0.05, 0) is 37.1 Å². The van der Waals surface area contributed by atoms with E-state index in [1.807, 2.05) is 6.20 Å². The fraction of sp³-hybridized carbons (Fsp3) is 0.400. The Morgan fingerprint density at radius 1 is 1.20 bits per heavy atom. The van der Waals surface area contributed by atoms with Crippen LogP contribution in [0.5, 0.6) is 0 Å². The van der Waals surface area contributed by atoms with Crippen LogP contribution >= 0.6 is 0 Å². The summed E-state index contributed by atoms with van der Waals surface area (Å²) in [5, 5.41) is 3.25. The van der Waals surface area contributed by atoms with Gasteiger partial charge in [-0.2, -0.15) is 0 Å². The molecule has 1 N–H and O–H groups in total. The van der Waals surface area contributed by atoms with E-state index in [0.29, 0.717) is 25.1 Å². The van der Waals surface area contributed by atoms with Gasteiger partial charge in [0.15, 0.2) is 0 Å². The average Bonchev–Trinajstić information content (AvgIpc) is 2.82. The van der Waals surface area contributed by atoms with E-state index in [1.54, 1.807) is 6.20 Å². The van der Waals surface area contributed by atoms with Gasteiger partial charge in [0.25, 0.3) is 0 Å². The number of aromatic nitrogens is 2. The molecule has 0 unspecified atom stereocenters. The van der Waals surface area contributed by atoms with E-state index in [-0.39, 0.29) is 0 Å². The zero-order valence-corrected chi connectivity index (χ0v) is 11.6. The van der Waals surface area contributed by atoms with E-state index in [0.717, 1.165) is 24.9 Å². The minimum Gasteiger partial charge on any atom is -0.334 e. The third-order valence-corrected chi connectivity index (χ3v) is 3.06. The van der Waals surface area contributed by atoms with Crippen LogP contribution in [-0.4, -0.2) is 16.1 Å². The van der Waals surface area contributed by atoms with E-state index >= 15 is 0 Å². The van der Waals surface area contributed by atoms with Crippen molar-refractivity contribution in [2.75, 3.05) is 6.54 Å². The van der Waals surface area contributed by atoms with Crippen LogP contribution in [0, 0.1) is 11.6 Å². The van der Waals surface area contributed by atoms with Gasteiger partial charge in [0.05, 0.1) is 6.54 Å². The van der Waals surface area contributed by atoms with Gasteiger partial charge >= 0.3 is 0 Å². The molecule has 0 saturated carbocycles. The Labute approximate surface area is 117 Å². The molecule has 1 heterocycles. The van der Waals surface area contributed by atoms with Crippen LogP contribution in [0.4, 0.5) is 8.78 Å². The first kappa shape index (κ1) is 14.7. The number of hydrogen-bond donors (Lipinski definition) is 1. The number of benzene rings is 1. The molecule has 1 aromatic carbocycles. The summed E-state index contributed by atoms with van der Waals surface area (Å²) >= 11 is 0. The molecule has 0 saturated heterocycles. The number of nitrogens with zero attached hydrogens (tertiary/aromatic N) is 2. The number of hydrogen-bond acceptors (Lipinski definition) is 2. The van der Waals surface area contributed by atoms with Gasteiger partial charge in [0.2, 0.25) is 0 Å². The molecule has 0 bridgehead atoms. The Morgan fingerprint density at radius 3 is 2.65 bits per heavy atom. The van der Waals surface area contributed by atoms with E-state index in [2.05, 4.69) is 21.8 Å². The summed E-state index contributed by atoms with van der Waals surface area (Å²) in [4.78, 5) is 4.29. The topological polar surface area (TPSA) is 29.9 Å². The van der Waals surface area contributed by atoms with Gasteiger partial charge in [0.1, 0.15) is 17.5 Å². The molecule has 2 rings (SSSR count). The first-order chi connectivity index (χ1) is 9.69. The molecule has 0 spiro atoms. The molecule has 0 fully saturated rings. The van der Waals surface area contributed by atoms with Crippen LogP contribution in [0.3, 0.4) is 0 Å². The second-order valence-corrected chi connectivity index (χ2v) is 4.74. The molecule has 1 aromatic heterocycles. The van der Waals surface area contributed by atoms with Gasteiger partial charge in [-0.25, -0.2) is 13.8 Å². The monoisotopic (exact) mass is 279 g/mol. The van der Waals surface area contributed by atoms with E-state index in [4.69, 9.17) is 0 Å². The zero-order chi connectivity index (χ0) is 14.4. The van der Waals surface area contributed by atoms with Crippen LogP contribution in [-0.2, 0) is 19.5 Å². The molecule has 0 aliphatic rings. The normalized spacial score (nSPS) is 10.9. The maximum absolute atomic E-state index is 13.0. The molecule has 2 aromatic rings. The van der Waals surface area contributed by atoms with Crippen molar-refractivity contribution in [2.24, 2.45) is 0 Å². The molecule has 5 heteroatoms. The lowest BCUT2D eigenvalue weighted by Gasteiger charge is -2.08. The van der Waals surface area contributed by atoms with E-state index in [9.17, 15) is 8.78 Å². The van der Waals surface area contributed by atoms with Crippen molar-refractivity contribution in [3.8, 4) is 0 Å². The molecule has 0 atom stereocenters. The highest BCUT2D eigenvalue weighted by Crippen LogP contribution is 2.08. The van der Waals surface area contributed by atoms with Crippen LogP contribution in [0.15, 0.2) is 30.6 Å².